The van der Waals surface area contributed by atoms with Gasteiger partial charge >= 0.3 is 0 Å². The van der Waals surface area contributed by atoms with Gasteiger partial charge in [-0.1, -0.05) is 36.4 Å². The van der Waals surface area contributed by atoms with Crippen LogP contribution < -0.4 is 5.32 Å². The van der Waals surface area contributed by atoms with Crippen molar-refractivity contribution in [1.29, 1.82) is 0 Å². The molecule has 0 aliphatic carbocycles. The minimum Gasteiger partial charge on any atom is -0.309 e. The van der Waals surface area contributed by atoms with Gasteiger partial charge in [-0.25, -0.2) is 9.38 Å². The Balaban J connectivity index is 1.73. The van der Waals surface area contributed by atoms with Gasteiger partial charge in [0.25, 0.3) is 5.91 Å². The van der Waals surface area contributed by atoms with Gasteiger partial charge in [0.1, 0.15) is 17.3 Å². The highest BCUT2D eigenvalue weighted by atomic mass is 19.1. The highest BCUT2D eigenvalue weighted by molar-refractivity contribution is 6.14. The second kappa shape index (κ2) is 6.57. The summed E-state index contributed by atoms with van der Waals surface area (Å²) in [4.78, 5) is 16.3. The molecule has 116 valence electrons. The van der Waals surface area contributed by atoms with E-state index in [1.165, 1.54) is 23.3 Å². The van der Waals surface area contributed by atoms with E-state index in [2.05, 4.69) is 29.4 Å². The Bertz CT molecular complexity index is 809. The van der Waals surface area contributed by atoms with Gasteiger partial charge in [-0.2, -0.15) is 0 Å². The first kappa shape index (κ1) is 15.2. The molecular formula is C19H17FN2O. The smallest absolute Gasteiger partial charge is 0.275 e. The van der Waals surface area contributed by atoms with Crippen LogP contribution in [0.4, 0.5) is 4.39 Å². The third-order valence-corrected chi connectivity index (χ3v) is 3.79. The first-order chi connectivity index (χ1) is 11.1. The Morgan fingerprint density at radius 3 is 2.74 bits per heavy atom. The van der Waals surface area contributed by atoms with Crippen molar-refractivity contribution in [2.24, 2.45) is 4.99 Å². The van der Waals surface area contributed by atoms with Gasteiger partial charge in [-0.15, -0.1) is 0 Å². The van der Waals surface area contributed by atoms with Crippen molar-refractivity contribution in [3.63, 3.8) is 0 Å². The number of amidine groups is 1. The van der Waals surface area contributed by atoms with Gasteiger partial charge in [-0.3, -0.25) is 4.79 Å². The Hall–Kier alpha value is -2.75. The van der Waals surface area contributed by atoms with Crippen molar-refractivity contribution >= 4 is 17.8 Å². The molecule has 0 aromatic heterocycles. The number of nitrogens with one attached hydrogen (secondary N) is 1. The zero-order valence-corrected chi connectivity index (χ0v) is 12.8. The average molecular weight is 308 g/mol. The minimum atomic E-state index is -0.332. The average Bonchev–Trinajstić information content (AvgIpc) is 2.87. The number of aryl methyl sites for hydroxylation is 2. The highest BCUT2D eigenvalue weighted by Gasteiger charge is 2.19. The summed E-state index contributed by atoms with van der Waals surface area (Å²) < 4.78 is 13.2. The van der Waals surface area contributed by atoms with E-state index in [1.54, 1.807) is 18.2 Å². The first-order valence-corrected chi connectivity index (χ1v) is 7.52. The molecule has 1 aliphatic rings. The Morgan fingerprint density at radius 2 is 1.96 bits per heavy atom. The second-order valence-electron chi connectivity index (χ2n) is 5.52. The summed E-state index contributed by atoms with van der Waals surface area (Å²) in [6, 6.07) is 14.3. The van der Waals surface area contributed by atoms with E-state index in [-0.39, 0.29) is 11.7 Å². The Labute approximate surface area is 134 Å². The lowest BCUT2D eigenvalue weighted by Crippen LogP contribution is -2.24. The van der Waals surface area contributed by atoms with Crippen molar-refractivity contribution in [3.8, 4) is 0 Å². The number of carbonyl (C=O) groups excluding carboxylic acids is 1. The van der Waals surface area contributed by atoms with Crippen molar-refractivity contribution < 1.29 is 9.18 Å². The fraction of sp³-hybridized carbons (Fsp3) is 0.158. The summed E-state index contributed by atoms with van der Waals surface area (Å²) >= 11 is 0. The van der Waals surface area contributed by atoms with Gasteiger partial charge in [0.05, 0.1) is 0 Å². The molecule has 1 aliphatic heterocycles. The maximum absolute atomic E-state index is 13.2. The molecule has 0 unspecified atom stereocenters. The number of carbonyl (C=O) groups is 1. The van der Waals surface area contributed by atoms with Crippen molar-refractivity contribution in [1.82, 2.24) is 5.32 Å². The fourth-order valence-corrected chi connectivity index (χ4v) is 2.53. The summed E-state index contributed by atoms with van der Waals surface area (Å²) in [6.07, 6.45) is 3.08. The number of nitrogens with zero attached hydrogens (tertiary/aromatic N) is 1. The van der Waals surface area contributed by atoms with E-state index < -0.39 is 0 Å². The van der Waals surface area contributed by atoms with Crippen LogP contribution in [-0.2, 0) is 11.2 Å². The summed E-state index contributed by atoms with van der Waals surface area (Å²) in [5, 5.41) is 2.78. The molecule has 0 bridgehead atoms. The molecule has 3 rings (SSSR count). The van der Waals surface area contributed by atoms with Gasteiger partial charge in [0, 0.05) is 6.42 Å². The van der Waals surface area contributed by atoms with Crippen molar-refractivity contribution in [3.05, 3.63) is 76.7 Å². The number of aliphatic imine (C=N–C) groups is 1. The zero-order chi connectivity index (χ0) is 16.2. The topological polar surface area (TPSA) is 41.5 Å². The van der Waals surface area contributed by atoms with Crippen LogP contribution in [0.3, 0.4) is 0 Å². The SMILES string of the molecule is Cc1ccccc1CCC1=N/C(=C/c2cccc(F)c2)C(=O)N1. The van der Waals surface area contributed by atoms with Gasteiger partial charge in [-0.05, 0) is 48.2 Å². The van der Waals surface area contributed by atoms with Crippen LogP contribution in [0.5, 0.6) is 0 Å². The molecule has 0 radical (unpaired) electrons. The molecule has 2 aromatic rings. The highest BCUT2D eigenvalue weighted by Crippen LogP contribution is 2.16. The fourth-order valence-electron chi connectivity index (χ4n) is 2.53. The van der Waals surface area contributed by atoms with E-state index in [0.29, 0.717) is 23.5 Å². The maximum Gasteiger partial charge on any atom is 0.275 e. The third-order valence-electron chi connectivity index (χ3n) is 3.79. The standard InChI is InChI=1S/C19H17FN2O/c1-13-5-2-3-7-15(13)9-10-18-21-17(19(23)22-18)12-14-6-4-8-16(20)11-14/h2-8,11-12H,9-10H2,1H3,(H,21,22,23)/b17-12+. The van der Waals surface area contributed by atoms with Crippen LogP contribution in [0.15, 0.2) is 59.2 Å². The summed E-state index contributed by atoms with van der Waals surface area (Å²) in [7, 11) is 0. The quantitative estimate of drug-likeness (QED) is 0.861. The number of hydrogen-bond donors (Lipinski definition) is 1. The molecule has 23 heavy (non-hydrogen) atoms. The molecule has 0 spiro atoms. The number of halogens is 1. The number of hydrogen-bond acceptors (Lipinski definition) is 2. The maximum atomic E-state index is 13.2. The number of benzene rings is 2. The molecule has 1 heterocycles. The molecule has 0 saturated carbocycles. The molecule has 2 aromatic carbocycles. The van der Waals surface area contributed by atoms with Crippen LogP contribution in [0.25, 0.3) is 6.08 Å². The number of rotatable bonds is 4. The van der Waals surface area contributed by atoms with E-state index >= 15 is 0 Å². The van der Waals surface area contributed by atoms with Crippen LogP contribution in [0.2, 0.25) is 0 Å². The van der Waals surface area contributed by atoms with E-state index in [9.17, 15) is 9.18 Å². The lowest BCUT2D eigenvalue weighted by molar-refractivity contribution is -0.115. The molecule has 1 N–H and O–H groups in total. The van der Waals surface area contributed by atoms with Gasteiger partial charge in [0.2, 0.25) is 0 Å². The van der Waals surface area contributed by atoms with Crippen molar-refractivity contribution in [2.45, 2.75) is 19.8 Å². The van der Waals surface area contributed by atoms with Crippen LogP contribution in [-0.4, -0.2) is 11.7 Å². The Kier molecular flexibility index (Phi) is 4.33. The predicted molar refractivity (Wildman–Crippen MR) is 89.5 cm³/mol. The molecule has 3 nitrogen and oxygen atoms in total. The minimum absolute atomic E-state index is 0.242. The molecule has 0 saturated heterocycles. The molecule has 4 heteroatoms. The monoisotopic (exact) mass is 308 g/mol. The summed E-state index contributed by atoms with van der Waals surface area (Å²) in [6.45, 7) is 2.07. The molecular weight excluding hydrogens is 291 g/mol. The summed E-state index contributed by atoms with van der Waals surface area (Å²) in [5.74, 6) is 0.0801. The lowest BCUT2D eigenvalue weighted by atomic mass is 10.0. The van der Waals surface area contributed by atoms with E-state index in [4.69, 9.17) is 0 Å². The molecule has 1 amide bonds. The largest absolute Gasteiger partial charge is 0.309 e. The number of amides is 1. The van der Waals surface area contributed by atoms with Crippen LogP contribution in [0.1, 0.15) is 23.1 Å². The van der Waals surface area contributed by atoms with Gasteiger partial charge < -0.3 is 5.32 Å². The Morgan fingerprint density at radius 1 is 1.13 bits per heavy atom. The van der Waals surface area contributed by atoms with E-state index in [0.717, 1.165) is 6.42 Å². The van der Waals surface area contributed by atoms with Crippen molar-refractivity contribution in [2.75, 3.05) is 0 Å². The zero-order valence-electron chi connectivity index (χ0n) is 12.8. The van der Waals surface area contributed by atoms with E-state index in [1.807, 2.05) is 12.1 Å². The lowest BCUT2D eigenvalue weighted by Gasteiger charge is -2.04. The van der Waals surface area contributed by atoms with Gasteiger partial charge in [0.15, 0.2) is 0 Å². The predicted octanol–water partition coefficient (Wildman–Crippen LogP) is 3.64. The molecule has 0 atom stereocenters. The van der Waals surface area contributed by atoms with Crippen LogP contribution >= 0.6 is 0 Å². The summed E-state index contributed by atoms with van der Waals surface area (Å²) in [5.41, 5.74) is 3.41. The van der Waals surface area contributed by atoms with Crippen LogP contribution in [0, 0.1) is 12.7 Å². The molecule has 0 fully saturated rings. The first-order valence-electron chi connectivity index (χ1n) is 7.52. The third kappa shape index (κ3) is 3.72. The second-order valence-corrected chi connectivity index (χ2v) is 5.52. The normalized spacial score (nSPS) is 15.7.